The first-order valence-corrected chi connectivity index (χ1v) is 11.6. The van der Waals surface area contributed by atoms with Gasteiger partial charge in [0, 0.05) is 42.9 Å². The van der Waals surface area contributed by atoms with E-state index < -0.39 is 23.9 Å². The molecule has 3 amide bonds. The molecular formula is C24H33ClN4O6. The average molecular weight is 509 g/mol. The zero-order chi connectivity index (χ0) is 26.3. The van der Waals surface area contributed by atoms with Crippen LogP contribution in [0.4, 0.5) is 20.1 Å². The molecule has 4 N–H and O–H groups in total. The third kappa shape index (κ3) is 7.90. The number of likely N-dealkylation sites (N-methyl/N-ethyl adjacent to an activating group) is 1. The number of amides is 3. The van der Waals surface area contributed by atoms with Crippen molar-refractivity contribution in [2.75, 3.05) is 44.5 Å². The van der Waals surface area contributed by atoms with Crippen LogP contribution >= 0.6 is 11.6 Å². The van der Waals surface area contributed by atoms with Crippen LogP contribution in [0.3, 0.4) is 0 Å². The van der Waals surface area contributed by atoms with Crippen molar-refractivity contribution in [2.45, 2.75) is 32.3 Å². The molecule has 0 unspecified atom stereocenters. The number of nitrogens with zero attached hydrogens (tertiary/aromatic N) is 2. The third-order valence-electron chi connectivity index (χ3n) is 4.96. The molecule has 0 spiro atoms. The van der Waals surface area contributed by atoms with Crippen molar-refractivity contribution in [3.05, 3.63) is 35.9 Å². The van der Waals surface area contributed by atoms with Gasteiger partial charge in [-0.3, -0.25) is 4.90 Å². The van der Waals surface area contributed by atoms with Gasteiger partial charge in [-0.1, -0.05) is 24.3 Å². The van der Waals surface area contributed by atoms with E-state index in [0.29, 0.717) is 37.0 Å². The summed E-state index contributed by atoms with van der Waals surface area (Å²) in [6.45, 7) is 7.06. The number of hydrogen-bond acceptors (Lipinski definition) is 6. The van der Waals surface area contributed by atoms with Gasteiger partial charge in [0.15, 0.2) is 0 Å². The number of ether oxygens (including phenoxy) is 2. The Balaban J connectivity index is 0.00000100. The zero-order valence-electron chi connectivity index (χ0n) is 20.6. The fraction of sp³-hybridized carbons (Fsp3) is 0.458. The van der Waals surface area contributed by atoms with Crippen LogP contribution in [0.15, 0.2) is 30.3 Å². The van der Waals surface area contributed by atoms with Crippen LogP contribution in [-0.4, -0.2) is 73.5 Å². The Labute approximate surface area is 209 Å². The molecular weight excluding hydrogens is 476 g/mol. The summed E-state index contributed by atoms with van der Waals surface area (Å²) in [5.74, 6) is 0.708. The summed E-state index contributed by atoms with van der Waals surface area (Å²) in [6.07, 6.45) is -2.32. The van der Waals surface area contributed by atoms with Gasteiger partial charge in [0.1, 0.15) is 11.4 Å². The van der Waals surface area contributed by atoms with Crippen LogP contribution < -0.4 is 20.7 Å². The summed E-state index contributed by atoms with van der Waals surface area (Å²) in [5, 5.41) is 11.7. The average Bonchev–Trinajstić information content (AvgIpc) is 3.11. The smallest absolute Gasteiger partial charge is 0.414 e. The number of hydrogen-bond donors (Lipinski definition) is 3. The number of fused-ring (bicyclic) bond motifs is 3. The summed E-state index contributed by atoms with van der Waals surface area (Å²) < 4.78 is 11.3. The largest absolute Gasteiger partial charge is 0.465 e. The molecule has 0 saturated heterocycles. The van der Waals surface area contributed by atoms with Gasteiger partial charge in [0.05, 0.1) is 5.69 Å². The number of carbonyl (C=O) groups excluding carboxylic acids is 2. The highest BCUT2D eigenvalue weighted by Crippen LogP contribution is 2.46. The number of rotatable bonds is 5. The van der Waals surface area contributed by atoms with Crippen molar-refractivity contribution < 1.29 is 29.0 Å². The molecule has 2 aromatic rings. The van der Waals surface area contributed by atoms with Crippen LogP contribution in [0.25, 0.3) is 10.8 Å². The maximum absolute atomic E-state index is 12.9. The van der Waals surface area contributed by atoms with Gasteiger partial charge in [0.2, 0.25) is 0 Å². The second kappa shape index (κ2) is 11.9. The molecule has 35 heavy (non-hydrogen) atoms. The third-order valence-corrected chi connectivity index (χ3v) is 5.33. The molecule has 192 valence electrons. The predicted octanol–water partition coefficient (Wildman–Crippen LogP) is 4.19. The van der Waals surface area contributed by atoms with E-state index in [0.717, 1.165) is 16.3 Å². The van der Waals surface area contributed by atoms with Gasteiger partial charge in [0.25, 0.3) is 0 Å². The molecule has 1 atom stereocenters. The lowest BCUT2D eigenvalue weighted by Crippen LogP contribution is -2.36. The van der Waals surface area contributed by atoms with Crippen LogP contribution in [0.5, 0.6) is 5.75 Å². The number of halogens is 1. The summed E-state index contributed by atoms with van der Waals surface area (Å²) in [6, 6.07) is 9.41. The van der Waals surface area contributed by atoms with Crippen LogP contribution in [0, 0.1) is 0 Å². The highest BCUT2D eigenvalue weighted by Gasteiger charge is 2.37. The number of alkyl halides is 1. The van der Waals surface area contributed by atoms with E-state index in [1.165, 1.54) is 0 Å². The molecule has 0 saturated carbocycles. The summed E-state index contributed by atoms with van der Waals surface area (Å²) >= 11 is 6.27. The molecule has 0 bridgehead atoms. The molecule has 1 aliphatic heterocycles. The van der Waals surface area contributed by atoms with Crippen LogP contribution in [0.1, 0.15) is 32.3 Å². The molecule has 1 heterocycles. The molecule has 1 aliphatic rings. The normalized spacial score (nSPS) is 14.7. The number of primary amides is 1. The fourth-order valence-electron chi connectivity index (χ4n) is 3.63. The van der Waals surface area contributed by atoms with Gasteiger partial charge < -0.3 is 30.5 Å². The summed E-state index contributed by atoms with van der Waals surface area (Å²) in [5.41, 5.74) is 5.03. The topological polar surface area (TPSA) is 134 Å². The number of anilines is 1. The van der Waals surface area contributed by atoms with E-state index in [-0.39, 0.29) is 5.92 Å². The van der Waals surface area contributed by atoms with Crippen LogP contribution in [-0.2, 0) is 4.74 Å². The zero-order valence-corrected chi connectivity index (χ0v) is 21.4. The van der Waals surface area contributed by atoms with E-state index in [4.69, 9.17) is 31.0 Å². The first kappa shape index (κ1) is 28.0. The quantitative estimate of drug-likeness (QED) is 0.515. The Morgan fingerprint density at radius 3 is 2.37 bits per heavy atom. The minimum atomic E-state index is -1.33. The van der Waals surface area contributed by atoms with Crippen LogP contribution in [0.2, 0.25) is 0 Å². The van der Waals surface area contributed by atoms with Crippen molar-refractivity contribution in [2.24, 2.45) is 5.73 Å². The molecule has 0 radical (unpaired) electrons. The number of benzene rings is 2. The highest BCUT2D eigenvalue weighted by atomic mass is 35.5. The molecule has 0 fully saturated rings. The number of carbonyl (C=O) groups is 3. The number of nitrogens with one attached hydrogen (secondary N) is 1. The van der Waals surface area contributed by atoms with Gasteiger partial charge in [-0.2, -0.15) is 0 Å². The monoisotopic (exact) mass is 508 g/mol. The first-order chi connectivity index (χ1) is 16.3. The lowest BCUT2D eigenvalue weighted by molar-refractivity contribution is 0.0582. The molecule has 0 aliphatic carbocycles. The molecule has 3 rings (SSSR count). The Morgan fingerprint density at radius 1 is 1.23 bits per heavy atom. The van der Waals surface area contributed by atoms with Crippen molar-refractivity contribution in [1.82, 2.24) is 10.2 Å². The van der Waals surface area contributed by atoms with Gasteiger partial charge in [-0.15, -0.1) is 11.6 Å². The second-order valence-corrected chi connectivity index (χ2v) is 9.56. The molecule has 0 aromatic heterocycles. The maximum Gasteiger partial charge on any atom is 0.414 e. The predicted molar refractivity (Wildman–Crippen MR) is 136 cm³/mol. The minimum absolute atomic E-state index is 0.0444. The standard InChI is InChI=1S/C23H30ClN3O4.CH3NO2/c1-23(2,3)31-22(29)27-14-15(13-24)20-17-9-7-6-8-16(17)19(12-18(20)27)30-21(28)25-10-11-26(4)5;2-1(3)4/h6-9,12,15H,10-11,13-14H2,1-5H3,(H,25,28);2H2,(H,3,4)/t15-;/m1./s1. The number of nitrogens with two attached hydrogens (primary N) is 1. The summed E-state index contributed by atoms with van der Waals surface area (Å²) in [4.78, 5) is 37.6. The Morgan fingerprint density at radius 2 is 1.83 bits per heavy atom. The van der Waals surface area contributed by atoms with E-state index in [1.807, 2.05) is 64.0 Å². The van der Waals surface area contributed by atoms with Crippen molar-refractivity contribution in [1.29, 1.82) is 0 Å². The van der Waals surface area contributed by atoms with Gasteiger partial charge in [-0.05, 0) is 45.8 Å². The summed E-state index contributed by atoms with van der Waals surface area (Å²) in [7, 11) is 3.86. The van der Waals surface area contributed by atoms with E-state index in [2.05, 4.69) is 11.1 Å². The van der Waals surface area contributed by atoms with Gasteiger partial charge >= 0.3 is 18.3 Å². The first-order valence-electron chi connectivity index (χ1n) is 11.0. The van der Waals surface area contributed by atoms with E-state index in [1.54, 1.807) is 11.0 Å². The van der Waals surface area contributed by atoms with E-state index in [9.17, 15) is 9.59 Å². The van der Waals surface area contributed by atoms with Gasteiger partial charge in [-0.25, -0.2) is 14.4 Å². The Kier molecular flexibility index (Phi) is 9.55. The number of carboxylic acid groups (broad SMARTS) is 1. The molecule has 11 heteroatoms. The Bertz CT molecular complexity index is 1070. The Hall–Kier alpha value is -3.24. The highest BCUT2D eigenvalue weighted by molar-refractivity contribution is 6.19. The van der Waals surface area contributed by atoms with Crippen molar-refractivity contribution in [3.8, 4) is 5.75 Å². The second-order valence-electron chi connectivity index (χ2n) is 9.25. The van der Waals surface area contributed by atoms with Crippen molar-refractivity contribution >= 4 is 46.3 Å². The lowest BCUT2D eigenvalue weighted by atomic mass is 9.95. The molecule has 2 aromatic carbocycles. The van der Waals surface area contributed by atoms with E-state index >= 15 is 0 Å². The lowest BCUT2D eigenvalue weighted by Gasteiger charge is -2.25. The SMILES string of the molecule is CN(C)CCNC(=O)Oc1cc2c(c3ccccc13)[C@H](CCl)CN2C(=O)OC(C)(C)C.NC(=O)O. The minimum Gasteiger partial charge on any atom is -0.465 e. The van der Waals surface area contributed by atoms with Crippen molar-refractivity contribution in [3.63, 3.8) is 0 Å². The molecule has 10 nitrogen and oxygen atoms in total. The maximum atomic E-state index is 12.9. The fourth-order valence-corrected chi connectivity index (χ4v) is 3.88.